The third-order valence-electron chi connectivity index (χ3n) is 4.01. The Morgan fingerprint density at radius 3 is 2.24 bits per heavy atom. The van der Waals surface area contributed by atoms with E-state index < -0.39 is 6.10 Å². The summed E-state index contributed by atoms with van der Waals surface area (Å²) in [5, 5.41) is 12.8. The van der Waals surface area contributed by atoms with E-state index in [-0.39, 0.29) is 0 Å². The number of hydrogen-bond donors (Lipinski definition) is 1. The Morgan fingerprint density at radius 1 is 1.09 bits per heavy atom. The van der Waals surface area contributed by atoms with Crippen molar-refractivity contribution in [3.8, 4) is 0 Å². The molecule has 0 aromatic carbocycles. The molecule has 0 aliphatic rings. The maximum absolute atomic E-state index is 10.8. The molecule has 0 bridgehead atoms. The van der Waals surface area contributed by atoms with Gasteiger partial charge in [-0.05, 0) is 30.2 Å². The third-order valence-corrected chi connectivity index (χ3v) is 4.49. The smallest absolute Gasteiger partial charge is 0.122 e. The molecule has 182 valence electrons. The molecule has 1 atom stereocenters. The predicted octanol–water partition coefficient (Wildman–Crippen LogP) is 8.02. The van der Waals surface area contributed by atoms with Crippen molar-refractivity contribution in [2.75, 3.05) is 6.26 Å². The van der Waals surface area contributed by atoms with Gasteiger partial charge in [0.25, 0.3) is 0 Å². The number of rotatable bonds is 9. The van der Waals surface area contributed by atoms with Gasteiger partial charge in [0.05, 0.1) is 23.9 Å². The molecule has 2 aromatic rings. The Labute approximate surface area is 206 Å². The highest BCUT2D eigenvalue weighted by Crippen LogP contribution is 2.24. The maximum Gasteiger partial charge on any atom is 0.122 e. The van der Waals surface area contributed by atoms with Gasteiger partial charge in [-0.25, -0.2) is 4.98 Å². The van der Waals surface area contributed by atoms with Gasteiger partial charge < -0.3 is 9.67 Å². The quantitative estimate of drug-likeness (QED) is 0.378. The number of aliphatic hydroxyl groups is 1. The summed E-state index contributed by atoms with van der Waals surface area (Å²) >= 11 is 1.60. The van der Waals surface area contributed by atoms with Crippen molar-refractivity contribution in [2.45, 2.75) is 61.1 Å². The largest absolute Gasteiger partial charge is 0.382 e. The highest BCUT2D eigenvalue weighted by Gasteiger charge is 2.16. The second-order valence-electron chi connectivity index (χ2n) is 5.81. The molecule has 2 heterocycles. The molecule has 2 rings (SSSR count). The number of thioether (sulfide) groups is 1. The van der Waals surface area contributed by atoms with Crippen LogP contribution in [0.25, 0.3) is 5.57 Å². The SMILES string of the molecule is C=C/C(=C\C=C/C)Cn1cncc1C(O)c1ccc(/C(C=C)=C/SC)nc1.CC.CC.CC. The average Bonchev–Trinajstić information content (AvgIpc) is 3.36. The number of aromatic nitrogens is 3. The van der Waals surface area contributed by atoms with Gasteiger partial charge in [-0.3, -0.25) is 4.98 Å². The summed E-state index contributed by atoms with van der Waals surface area (Å²) in [7, 11) is 0. The molecule has 4 nitrogen and oxygen atoms in total. The van der Waals surface area contributed by atoms with Crippen molar-refractivity contribution >= 4 is 17.3 Å². The van der Waals surface area contributed by atoms with Crippen LogP contribution in [-0.4, -0.2) is 25.9 Å². The van der Waals surface area contributed by atoms with E-state index in [1.165, 1.54) is 0 Å². The van der Waals surface area contributed by atoms with Crippen molar-refractivity contribution < 1.29 is 5.11 Å². The number of allylic oxidation sites excluding steroid dienone is 7. The minimum absolute atomic E-state index is 0.586. The first-order chi connectivity index (χ1) is 16.1. The highest BCUT2D eigenvalue weighted by molar-refractivity contribution is 8.01. The van der Waals surface area contributed by atoms with Crippen molar-refractivity contribution in [1.29, 1.82) is 0 Å². The molecule has 2 aromatic heterocycles. The van der Waals surface area contributed by atoms with Crippen LogP contribution in [0.15, 0.2) is 85.4 Å². The van der Waals surface area contributed by atoms with Gasteiger partial charge in [-0.2, -0.15) is 0 Å². The molecule has 0 saturated heterocycles. The summed E-state index contributed by atoms with van der Waals surface area (Å²) in [4.78, 5) is 8.67. The Hall–Kier alpha value is -2.63. The third kappa shape index (κ3) is 11.2. The van der Waals surface area contributed by atoms with Gasteiger partial charge >= 0.3 is 0 Å². The molecular formula is C28H43N3OS. The second-order valence-corrected chi connectivity index (χ2v) is 6.52. The fourth-order valence-electron chi connectivity index (χ4n) is 2.54. The van der Waals surface area contributed by atoms with E-state index in [1.807, 2.05) is 95.1 Å². The van der Waals surface area contributed by atoms with Crippen molar-refractivity contribution in [2.24, 2.45) is 0 Å². The van der Waals surface area contributed by atoms with Crippen molar-refractivity contribution in [3.05, 3.63) is 102 Å². The molecule has 0 amide bonds. The number of aliphatic hydroxyl groups excluding tert-OH is 1. The Bertz CT molecular complexity index is 862. The summed E-state index contributed by atoms with van der Waals surface area (Å²) in [6.45, 7) is 22.2. The van der Waals surface area contributed by atoms with Gasteiger partial charge in [0.2, 0.25) is 0 Å². The Kier molecular flexibility index (Phi) is 20.9. The van der Waals surface area contributed by atoms with Crippen LogP contribution >= 0.6 is 11.8 Å². The first-order valence-electron chi connectivity index (χ1n) is 11.6. The summed E-state index contributed by atoms with van der Waals surface area (Å²) in [5.41, 5.74) is 4.24. The van der Waals surface area contributed by atoms with Crippen LogP contribution in [-0.2, 0) is 6.54 Å². The average molecular weight is 470 g/mol. The zero-order valence-electron chi connectivity index (χ0n) is 21.7. The topological polar surface area (TPSA) is 50.9 Å². The zero-order chi connectivity index (χ0) is 25.6. The first kappa shape index (κ1) is 32.5. The van der Waals surface area contributed by atoms with Gasteiger partial charge in [-0.15, -0.1) is 11.8 Å². The molecule has 33 heavy (non-hydrogen) atoms. The summed E-state index contributed by atoms with van der Waals surface area (Å²) < 4.78 is 1.92. The molecule has 0 aliphatic carbocycles. The van der Waals surface area contributed by atoms with Crippen LogP contribution in [0.2, 0.25) is 0 Å². The normalized spacial score (nSPS) is 11.8. The molecule has 0 radical (unpaired) electrons. The van der Waals surface area contributed by atoms with Crippen LogP contribution in [0.1, 0.15) is 71.5 Å². The van der Waals surface area contributed by atoms with Crippen molar-refractivity contribution in [1.82, 2.24) is 14.5 Å². The molecule has 0 fully saturated rings. The summed E-state index contributed by atoms with van der Waals surface area (Å²) in [5.74, 6) is 0. The van der Waals surface area contributed by atoms with E-state index in [0.29, 0.717) is 17.8 Å². The van der Waals surface area contributed by atoms with E-state index in [0.717, 1.165) is 16.8 Å². The first-order valence-corrected chi connectivity index (χ1v) is 12.9. The second kappa shape index (κ2) is 21.2. The minimum Gasteiger partial charge on any atom is -0.382 e. The van der Waals surface area contributed by atoms with E-state index >= 15 is 0 Å². The molecule has 0 aliphatic heterocycles. The fraction of sp³-hybridized carbons (Fsp3) is 0.357. The monoisotopic (exact) mass is 469 g/mol. The summed E-state index contributed by atoms with van der Waals surface area (Å²) in [6, 6.07) is 3.77. The molecule has 5 heteroatoms. The van der Waals surface area contributed by atoms with Gasteiger partial charge in [0.1, 0.15) is 6.10 Å². The maximum atomic E-state index is 10.8. The zero-order valence-corrected chi connectivity index (χ0v) is 22.6. The molecule has 0 saturated carbocycles. The fourth-order valence-corrected chi connectivity index (χ4v) is 3.01. The van der Waals surface area contributed by atoms with E-state index in [9.17, 15) is 5.11 Å². The van der Waals surface area contributed by atoms with Crippen LogP contribution in [0.5, 0.6) is 0 Å². The highest BCUT2D eigenvalue weighted by atomic mass is 32.2. The van der Waals surface area contributed by atoms with E-state index in [4.69, 9.17) is 0 Å². The van der Waals surface area contributed by atoms with Crippen LogP contribution in [0.3, 0.4) is 0 Å². The predicted molar refractivity (Wildman–Crippen MR) is 149 cm³/mol. The van der Waals surface area contributed by atoms with E-state index in [2.05, 4.69) is 23.1 Å². The van der Waals surface area contributed by atoms with Gasteiger partial charge in [-0.1, -0.05) is 91.1 Å². The summed E-state index contributed by atoms with van der Waals surface area (Å²) in [6.07, 6.45) is 15.8. The van der Waals surface area contributed by atoms with Crippen LogP contribution in [0.4, 0.5) is 0 Å². The van der Waals surface area contributed by atoms with Crippen LogP contribution < -0.4 is 0 Å². The minimum atomic E-state index is -0.807. The van der Waals surface area contributed by atoms with Crippen LogP contribution in [0, 0.1) is 0 Å². The lowest BCUT2D eigenvalue weighted by Crippen LogP contribution is -2.09. The molecule has 1 unspecified atom stereocenters. The van der Waals surface area contributed by atoms with Crippen molar-refractivity contribution in [3.63, 3.8) is 0 Å². The Balaban J connectivity index is 0. The lowest BCUT2D eigenvalue weighted by Gasteiger charge is -2.15. The molecular weight excluding hydrogens is 426 g/mol. The molecule has 0 spiro atoms. The lowest BCUT2D eigenvalue weighted by atomic mass is 10.1. The number of nitrogens with zero attached hydrogens (tertiary/aromatic N) is 3. The number of hydrogen-bond acceptors (Lipinski definition) is 4. The van der Waals surface area contributed by atoms with Gasteiger partial charge in [0, 0.05) is 23.9 Å². The standard InChI is InChI=1S/C22H25N3OS.3C2H6/c1-5-8-9-17(6-2)14-25-16-23-13-21(25)22(26)19-10-11-20(24-12-19)18(7-3)15-27-4;3*1-2/h5-13,15-16,22,26H,2-3,14H2,1,4H3;3*1-2H3/b8-5-,17-9+,18-15+;;;. The number of imidazole rings is 1. The van der Waals surface area contributed by atoms with E-state index in [1.54, 1.807) is 42.6 Å². The number of pyridine rings is 1. The van der Waals surface area contributed by atoms with Gasteiger partial charge in [0.15, 0.2) is 0 Å². The Morgan fingerprint density at radius 2 is 1.76 bits per heavy atom. The lowest BCUT2D eigenvalue weighted by molar-refractivity contribution is 0.210. The molecule has 1 N–H and O–H groups in total.